The lowest BCUT2D eigenvalue weighted by atomic mass is 9.99. The van der Waals surface area contributed by atoms with E-state index in [9.17, 15) is 27.3 Å². The molecule has 2 heterocycles. The van der Waals surface area contributed by atoms with E-state index < -0.39 is 26.6 Å². The molecular weight excluding hydrogens is 430 g/mol. The number of benzene rings is 2. The molecule has 1 aliphatic heterocycles. The molecule has 3 aromatic rings. The SMILES string of the molecule is O=[N+]([O-])c1ccc2c(c1)CN(c1ccc(S(=O)(=O)Nc3ccc(F)c(F)c3)cn1)CC2. The molecule has 31 heavy (non-hydrogen) atoms. The summed E-state index contributed by atoms with van der Waals surface area (Å²) in [5, 5.41) is 11.0. The molecule has 1 aliphatic rings. The molecule has 1 aromatic heterocycles. The number of nitro groups is 1. The lowest BCUT2D eigenvalue weighted by molar-refractivity contribution is -0.384. The van der Waals surface area contributed by atoms with E-state index in [4.69, 9.17) is 0 Å². The first-order valence-electron chi connectivity index (χ1n) is 9.18. The van der Waals surface area contributed by atoms with Crippen molar-refractivity contribution < 1.29 is 22.1 Å². The minimum atomic E-state index is -4.05. The van der Waals surface area contributed by atoms with Crippen molar-refractivity contribution in [2.45, 2.75) is 17.9 Å². The lowest BCUT2D eigenvalue weighted by Crippen LogP contribution is -2.31. The van der Waals surface area contributed by atoms with Gasteiger partial charge in [-0.25, -0.2) is 22.2 Å². The largest absolute Gasteiger partial charge is 0.352 e. The number of non-ortho nitro benzene ring substituents is 1. The van der Waals surface area contributed by atoms with E-state index in [1.807, 2.05) is 4.90 Å². The van der Waals surface area contributed by atoms with Crippen LogP contribution in [0.5, 0.6) is 0 Å². The van der Waals surface area contributed by atoms with Gasteiger partial charge in [-0.2, -0.15) is 0 Å². The van der Waals surface area contributed by atoms with Gasteiger partial charge in [0.15, 0.2) is 11.6 Å². The molecule has 0 aliphatic carbocycles. The topological polar surface area (TPSA) is 105 Å². The molecule has 0 saturated carbocycles. The summed E-state index contributed by atoms with van der Waals surface area (Å²) < 4.78 is 53.5. The Morgan fingerprint density at radius 1 is 1.03 bits per heavy atom. The summed E-state index contributed by atoms with van der Waals surface area (Å²) in [5.74, 6) is -1.73. The lowest BCUT2D eigenvalue weighted by Gasteiger charge is -2.29. The van der Waals surface area contributed by atoms with E-state index in [1.54, 1.807) is 6.07 Å². The summed E-state index contributed by atoms with van der Waals surface area (Å²) in [6, 6.07) is 10.3. The highest BCUT2D eigenvalue weighted by atomic mass is 32.2. The number of nitrogens with one attached hydrogen (secondary N) is 1. The number of nitrogens with zero attached hydrogens (tertiary/aromatic N) is 3. The summed E-state index contributed by atoms with van der Waals surface area (Å²) in [7, 11) is -4.05. The van der Waals surface area contributed by atoms with Gasteiger partial charge in [-0.15, -0.1) is 0 Å². The number of rotatable bonds is 5. The number of nitro benzene ring substituents is 1. The van der Waals surface area contributed by atoms with Gasteiger partial charge in [0.1, 0.15) is 10.7 Å². The molecule has 0 bridgehead atoms. The van der Waals surface area contributed by atoms with Crippen molar-refractivity contribution in [3.8, 4) is 0 Å². The van der Waals surface area contributed by atoms with Crippen LogP contribution >= 0.6 is 0 Å². The zero-order valence-corrected chi connectivity index (χ0v) is 16.8. The molecule has 11 heteroatoms. The summed E-state index contributed by atoms with van der Waals surface area (Å²) in [4.78, 5) is 16.5. The molecule has 8 nitrogen and oxygen atoms in total. The molecule has 0 unspecified atom stereocenters. The van der Waals surface area contributed by atoms with Crippen LogP contribution in [0.2, 0.25) is 0 Å². The van der Waals surface area contributed by atoms with Crippen LogP contribution in [0.4, 0.5) is 26.0 Å². The highest BCUT2D eigenvalue weighted by Crippen LogP contribution is 2.27. The van der Waals surface area contributed by atoms with Crippen LogP contribution in [0.1, 0.15) is 11.1 Å². The highest BCUT2D eigenvalue weighted by Gasteiger charge is 2.21. The van der Waals surface area contributed by atoms with Gasteiger partial charge in [-0.05, 0) is 41.8 Å². The van der Waals surface area contributed by atoms with E-state index in [0.717, 1.165) is 29.3 Å². The van der Waals surface area contributed by atoms with Crippen molar-refractivity contribution in [1.82, 2.24) is 4.98 Å². The Morgan fingerprint density at radius 3 is 2.52 bits per heavy atom. The Bertz CT molecular complexity index is 1270. The van der Waals surface area contributed by atoms with E-state index in [-0.39, 0.29) is 16.3 Å². The van der Waals surface area contributed by atoms with Gasteiger partial charge >= 0.3 is 0 Å². The van der Waals surface area contributed by atoms with E-state index in [1.165, 1.54) is 30.5 Å². The van der Waals surface area contributed by atoms with Crippen LogP contribution in [0, 0.1) is 21.7 Å². The molecule has 1 N–H and O–H groups in total. The molecule has 160 valence electrons. The van der Waals surface area contributed by atoms with Crippen molar-refractivity contribution in [3.63, 3.8) is 0 Å². The Balaban J connectivity index is 1.52. The van der Waals surface area contributed by atoms with Crippen LogP contribution in [0.15, 0.2) is 59.6 Å². The average molecular weight is 446 g/mol. The second-order valence-corrected chi connectivity index (χ2v) is 8.65. The standard InChI is InChI=1S/C20H16F2N4O4S/c21-18-5-2-15(10-19(18)22)24-31(29,30)17-4-6-20(23-11-17)25-8-7-13-1-3-16(26(27)28)9-14(13)12-25/h1-6,9-11,24H,7-8,12H2. The first-order valence-corrected chi connectivity index (χ1v) is 10.7. The van der Waals surface area contributed by atoms with Crippen molar-refractivity contribution in [2.24, 2.45) is 0 Å². The molecule has 0 saturated heterocycles. The van der Waals surface area contributed by atoms with Crippen LogP contribution in [-0.4, -0.2) is 24.9 Å². The fourth-order valence-electron chi connectivity index (χ4n) is 3.34. The fourth-order valence-corrected chi connectivity index (χ4v) is 4.34. The molecule has 4 rings (SSSR count). The quantitative estimate of drug-likeness (QED) is 0.474. The molecule has 2 aromatic carbocycles. The van der Waals surface area contributed by atoms with Gasteiger partial charge in [-0.1, -0.05) is 6.07 Å². The van der Waals surface area contributed by atoms with Gasteiger partial charge in [0.05, 0.1) is 10.6 Å². The van der Waals surface area contributed by atoms with E-state index in [0.29, 0.717) is 25.3 Å². The Kier molecular flexibility index (Phi) is 5.27. The van der Waals surface area contributed by atoms with Crippen molar-refractivity contribution in [3.05, 3.63) is 87.6 Å². The number of hydrogen-bond donors (Lipinski definition) is 1. The first kappa shape index (κ1) is 20.7. The van der Waals surface area contributed by atoms with Crippen molar-refractivity contribution >= 4 is 27.2 Å². The number of halogens is 2. The summed E-state index contributed by atoms with van der Waals surface area (Å²) >= 11 is 0. The number of sulfonamides is 1. The molecule has 0 radical (unpaired) electrons. The maximum absolute atomic E-state index is 13.3. The molecule has 0 fully saturated rings. The summed E-state index contributed by atoms with van der Waals surface area (Å²) in [5.41, 5.74) is 1.74. The third-order valence-electron chi connectivity index (χ3n) is 4.94. The van der Waals surface area contributed by atoms with Crippen molar-refractivity contribution in [2.75, 3.05) is 16.2 Å². The fraction of sp³-hybridized carbons (Fsp3) is 0.150. The minimum absolute atomic E-state index is 0.0123. The number of hydrogen-bond acceptors (Lipinski definition) is 6. The molecule has 0 atom stereocenters. The number of fused-ring (bicyclic) bond motifs is 1. The Labute approximate surface area is 176 Å². The zero-order chi connectivity index (χ0) is 22.2. The first-order chi connectivity index (χ1) is 14.7. The van der Waals surface area contributed by atoms with E-state index >= 15 is 0 Å². The Hall–Kier alpha value is -3.60. The number of anilines is 2. The highest BCUT2D eigenvalue weighted by molar-refractivity contribution is 7.92. The smallest absolute Gasteiger partial charge is 0.269 e. The zero-order valence-electron chi connectivity index (χ0n) is 16.0. The predicted molar refractivity (Wildman–Crippen MR) is 109 cm³/mol. The van der Waals surface area contributed by atoms with E-state index in [2.05, 4.69) is 9.71 Å². The molecular formula is C20H16F2N4O4S. The minimum Gasteiger partial charge on any atom is -0.352 e. The van der Waals surface area contributed by atoms with Gasteiger partial charge in [0.25, 0.3) is 15.7 Å². The van der Waals surface area contributed by atoms with Gasteiger partial charge in [0, 0.05) is 37.5 Å². The third kappa shape index (κ3) is 4.31. The van der Waals surface area contributed by atoms with Gasteiger partial charge in [-0.3, -0.25) is 14.8 Å². The molecule has 0 spiro atoms. The van der Waals surface area contributed by atoms with Crippen LogP contribution in [-0.2, 0) is 23.0 Å². The van der Waals surface area contributed by atoms with Gasteiger partial charge in [0.2, 0.25) is 0 Å². The number of aromatic nitrogens is 1. The second kappa shape index (κ2) is 7.91. The number of pyridine rings is 1. The van der Waals surface area contributed by atoms with Crippen molar-refractivity contribution in [1.29, 1.82) is 0 Å². The molecule has 0 amide bonds. The second-order valence-electron chi connectivity index (χ2n) is 6.97. The Morgan fingerprint density at radius 2 is 1.84 bits per heavy atom. The van der Waals surface area contributed by atoms with Crippen LogP contribution < -0.4 is 9.62 Å². The normalized spacial score (nSPS) is 13.5. The van der Waals surface area contributed by atoms with Crippen LogP contribution in [0.25, 0.3) is 0 Å². The third-order valence-corrected chi connectivity index (χ3v) is 6.31. The van der Waals surface area contributed by atoms with Gasteiger partial charge < -0.3 is 4.90 Å². The average Bonchev–Trinajstić information content (AvgIpc) is 2.75. The maximum atomic E-state index is 13.3. The summed E-state index contributed by atoms with van der Waals surface area (Å²) in [6.07, 6.45) is 1.84. The summed E-state index contributed by atoms with van der Waals surface area (Å²) in [6.45, 7) is 1.03. The monoisotopic (exact) mass is 446 g/mol. The maximum Gasteiger partial charge on any atom is 0.269 e. The predicted octanol–water partition coefficient (Wildman–Crippen LogP) is 3.63. The van der Waals surface area contributed by atoms with Crippen LogP contribution in [0.3, 0.4) is 0 Å².